The molecule has 1 N–H and O–H groups in total. The second-order valence-corrected chi connectivity index (χ2v) is 14.0. The van der Waals surface area contributed by atoms with E-state index in [0.29, 0.717) is 21.3 Å². The molecule has 7 nitrogen and oxygen atoms in total. The van der Waals surface area contributed by atoms with Crippen molar-refractivity contribution in [1.29, 1.82) is 0 Å². The number of carbonyl (C=O) groups is 2. The standard InChI is InChI=1S/C33H39Cl2N3O4S/c1-22-16-18-27(19-17-22)43(41,42)38(31-15-8-10-23(2)24(31)3)21-32(39)37(20-28-29(34)13-9-14-30(28)35)25(4)33(40)36-26-11-6-5-7-12-26/h8-10,13-19,25-26H,5-7,11-12,20-21H2,1-4H3,(H,36,40)/t25-/m0/s1. The number of anilines is 1. The van der Waals surface area contributed by atoms with E-state index in [9.17, 15) is 18.0 Å². The predicted octanol–water partition coefficient (Wildman–Crippen LogP) is 6.98. The van der Waals surface area contributed by atoms with Gasteiger partial charge in [0.2, 0.25) is 11.8 Å². The van der Waals surface area contributed by atoms with E-state index in [1.165, 1.54) is 17.0 Å². The third kappa shape index (κ3) is 7.72. The number of rotatable bonds is 10. The van der Waals surface area contributed by atoms with Crippen molar-refractivity contribution in [1.82, 2.24) is 10.2 Å². The number of sulfonamides is 1. The predicted molar refractivity (Wildman–Crippen MR) is 173 cm³/mol. The molecule has 0 radical (unpaired) electrons. The van der Waals surface area contributed by atoms with Crippen LogP contribution in [0, 0.1) is 20.8 Å². The van der Waals surface area contributed by atoms with Crippen molar-refractivity contribution in [2.24, 2.45) is 0 Å². The minimum absolute atomic E-state index is 0.0397. The molecule has 1 saturated carbocycles. The van der Waals surface area contributed by atoms with E-state index in [2.05, 4.69) is 5.32 Å². The van der Waals surface area contributed by atoms with E-state index in [1.54, 1.807) is 49.4 Å². The van der Waals surface area contributed by atoms with Crippen LogP contribution < -0.4 is 9.62 Å². The SMILES string of the molecule is Cc1ccc(S(=O)(=O)N(CC(=O)N(Cc2c(Cl)cccc2Cl)[C@@H](C)C(=O)NC2CCCCC2)c2cccc(C)c2C)cc1. The number of aryl methyl sites for hydroxylation is 2. The second kappa shape index (κ2) is 14.1. The summed E-state index contributed by atoms with van der Waals surface area (Å²) in [5.41, 5.74) is 3.40. The van der Waals surface area contributed by atoms with Gasteiger partial charge in [-0.05, 0) is 82.0 Å². The van der Waals surface area contributed by atoms with Crippen LogP contribution in [-0.2, 0) is 26.2 Å². The summed E-state index contributed by atoms with van der Waals surface area (Å²) in [6, 6.07) is 16.0. The summed E-state index contributed by atoms with van der Waals surface area (Å²) in [4.78, 5) is 29.2. The zero-order chi connectivity index (χ0) is 31.3. The Morgan fingerprint density at radius 1 is 0.907 bits per heavy atom. The van der Waals surface area contributed by atoms with E-state index in [1.807, 2.05) is 26.8 Å². The van der Waals surface area contributed by atoms with Crippen LogP contribution in [0.2, 0.25) is 10.0 Å². The van der Waals surface area contributed by atoms with Crippen LogP contribution in [0.4, 0.5) is 5.69 Å². The van der Waals surface area contributed by atoms with Gasteiger partial charge in [-0.15, -0.1) is 0 Å². The molecule has 0 heterocycles. The highest BCUT2D eigenvalue weighted by Crippen LogP contribution is 2.31. The van der Waals surface area contributed by atoms with Crippen molar-refractivity contribution < 1.29 is 18.0 Å². The highest BCUT2D eigenvalue weighted by Gasteiger charge is 2.34. The molecule has 0 saturated heterocycles. The molecule has 230 valence electrons. The van der Waals surface area contributed by atoms with E-state index in [0.717, 1.165) is 53.1 Å². The highest BCUT2D eigenvalue weighted by atomic mass is 35.5. The van der Waals surface area contributed by atoms with Gasteiger partial charge >= 0.3 is 0 Å². The summed E-state index contributed by atoms with van der Waals surface area (Å²) in [5, 5.41) is 3.80. The summed E-state index contributed by atoms with van der Waals surface area (Å²) in [7, 11) is -4.16. The molecule has 0 bridgehead atoms. The van der Waals surface area contributed by atoms with Crippen LogP contribution in [0.15, 0.2) is 65.6 Å². The third-order valence-electron chi connectivity index (χ3n) is 8.24. The number of hydrogen-bond donors (Lipinski definition) is 1. The molecular formula is C33H39Cl2N3O4S. The Bertz CT molecular complexity index is 1550. The number of halogens is 2. The van der Waals surface area contributed by atoms with Crippen molar-refractivity contribution in [2.45, 2.75) is 83.3 Å². The van der Waals surface area contributed by atoms with Crippen LogP contribution in [0.25, 0.3) is 0 Å². The molecule has 0 aromatic heterocycles. The maximum Gasteiger partial charge on any atom is 0.264 e. The van der Waals surface area contributed by atoms with Crippen molar-refractivity contribution in [3.8, 4) is 0 Å². The summed E-state index contributed by atoms with van der Waals surface area (Å²) >= 11 is 13.0. The topological polar surface area (TPSA) is 86.8 Å². The summed E-state index contributed by atoms with van der Waals surface area (Å²) in [6.45, 7) is 6.65. The van der Waals surface area contributed by atoms with Gasteiger partial charge in [-0.25, -0.2) is 8.42 Å². The minimum atomic E-state index is -4.16. The Morgan fingerprint density at radius 2 is 1.51 bits per heavy atom. The fourth-order valence-corrected chi connectivity index (χ4v) is 7.35. The summed E-state index contributed by atoms with van der Waals surface area (Å²) in [5.74, 6) is -0.859. The van der Waals surface area contributed by atoms with Gasteiger partial charge < -0.3 is 10.2 Å². The Hall–Kier alpha value is -3.07. The Labute approximate surface area is 265 Å². The van der Waals surface area contributed by atoms with Crippen LogP contribution >= 0.6 is 23.2 Å². The Morgan fingerprint density at radius 3 is 2.14 bits per heavy atom. The van der Waals surface area contributed by atoms with Crippen molar-refractivity contribution in [3.63, 3.8) is 0 Å². The van der Waals surface area contributed by atoms with Crippen LogP contribution in [0.5, 0.6) is 0 Å². The maximum absolute atomic E-state index is 14.3. The lowest BCUT2D eigenvalue weighted by Gasteiger charge is -2.34. The molecule has 0 spiro atoms. The molecule has 3 aromatic rings. The fourth-order valence-electron chi connectivity index (χ4n) is 5.36. The number of nitrogens with one attached hydrogen (secondary N) is 1. The summed E-state index contributed by atoms with van der Waals surface area (Å²) in [6.07, 6.45) is 4.99. The average Bonchev–Trinajstić information content (AvgIpc) is 2.97. The minimum Gasteiger partial charge on any atom is -0.352 e. The molecule has 4 rings (SSSR count). The Balaban J connectivity index is 1.74. The lowest BCUT2D eigenvalue weighted by molar-refractivity contribution is -0.139. The van der Waals surface area contributed by atoms with Gasteiger partial charge in [0.15, 0.2) is 0 Å². The molecule has 10 heteroatoms. The highest BCUT2D eigenvalue weighted by molar-refractivity contribution is 7.92. The summed E-state index contributed by atoms with van der Waals surface area (Å²) < 4.78 is 29.4. The van der Waals surface area contributed by atoms with Gasteiger partial charge in [-0.2, -0.15) is 0 Å². The molecule has 1 fully saturated rings. The monoisotopic (exact) mass is 643 g/mol. The smallest absolute Gasteiger partial charge is 0.264 e. The molecule has 43 heavy (non-hydrogen) atoms. The quantitative estimate of drug-likeness (QED) is 0.258. The zero-order valence-corrected chi connectivity index (χ0v) is 27.4. The van der Waals surface area contributed by atoms with Crippen LogP contribution in [0.1, 0.15) is 61.3 Å². The zero-order valence-electron chi connectivity index (χ0n) is 25.1. The maximum atomic E-state index is 14.3. The number of benzene rings is 3. The molecule has 1 atom stereocenters. The number of amides is 2. The van der Waals surface area contributed by atoms with Gasteiger partial charge in [0.05, 0.1) is 10.6 Å². The lowest BCUT2D eigenvalue weighted by atomic mass is 9.95. The fraction of sp³-hybridized carbons (Fsp3) is 0.394. The number of hydrogen-bond acceptors (Lipinski definition) is 4. The van der Waals surface area contributed by atoms with Crippen LogP contribution in [-0.4, -0.2) is 43.8 Å². The third-order valence-corrected chi connectivity index (χ3v) is 10.7. The van der Waals surface area contributed by atoms with Crippen molar-refractivity contribution in [3.05, 3.63) is 93.0 Å². The van der Waals surface area contributed by atoms with E-state index < -0.39 is 28.5 Å². The second-order valence-electron chi connectivity index (χ2n) is 11.3. The molecule has 1 aliphatic rings. The first-order chi connectivity index (χ1) is 20.4. The van der Waals surface area contributed by atoms with Gasteiger partial charge in [-0.1, -0.05) is 78.4 Å². The lowest BCUT2D eigenvalue weighted by Crippen LogP contribution is -2.53. The molecule has 0 aliphatic heterocycles. The van der Waals surface area contributed by atoms with Crippen LogP contribution in [0.3, 0.4) is 0 Å². The molecular weight excluding hydrogens is 605 g/mol. The largest absolute Gasteiger partial charge is 0.352 e. The van der Waals surface area contributed by atoms with E-state index in [-0.39, 0.29) is 23.4 Å². The molecule has 1 aliphatic carbocycles. The molecule has 2 amide bonds. The Kier molecular flexibility index (Phi) is 10.8. The van der Waals surface area contributed by atoms with Crippen molar-refractivity contribution >= 4 is 50.7 Å². The van der Waals surface area contributed by atoms with Gasteiger partial charge in [0.1, 0.15) is 12.6 Å². The first-order valence-corrected chi connectivity index (χ1v) is 16.8. The van der Waals surface area contributed by atoms with Gasteiger partial charge in [-0.3, -0.25) is 13.9 Å². The van der Waals surface area contributed by atoms with E-state index in [4.69, 9.17) is 23.2 Å². The molecule has 0 unspecified atom stereocenters. The molecule has 3 aromatic carbocycles. The van der Waals surface area contributed by atoms with Gasteiger partial charge in [0.25, 0.3) is 10.0 Å². The average molecular weight is 645 g/mol. The first kappa shape index (κ1) is 32.8. The normalized spacial score (nSPS) is 14.7. The number of carbonyl (C=O) groups excluding carboxylic acids is 2. The van der Waals surface area contributed by atoms with E-state index >= 15 is 0 Å². The van der Waals surface area contributed by atoms with Gasteiger partial charge in [0, 0.05) is 28.2 Å². The number of nitrogens with zero attached hydrogens (tertiary/aromatic N) is 2. The van der Waals surface area contributed by atoms with Crippen molar-refractivity contribution in [2.75, 3.05) is 10.8 Å². The first-order valence-electron chi connectivity index (χ1n) is 14.6.